The van der Waals surface area contributed by atoms with E-state index in [1.165, 1.54) is 11.3 Å². The Morgan fingerprint density at radius 3 is 2.83 bits per heavy atom. The molecular weight excluding hydrogens is 244 g/mol. The summed E-state index contributed by atoms with van der Waals surface area (Å²) in [6, 6.07) is 0. The summed E-state index contributed by atoms with van der Waals surface area (Å²) in [4.78, 5) is 14.4. The van der Waals surface area contributed by atoms with Gasteiger partial charge in [0.2, 0.25) is 0 Å². The molecular formula is C6H7BrN2O2S. The summed E-state index contributed by atoms with van der Waals surface area (Å²) in [5, 5.41) is 9.38. The van der Waals surface area contributed by atoms with E-state index in [1.54, 1.807) is 0 Å². The van der Waals surface area contributed by atoms with Crippen LogP contribution in [0.2, 0.25) is 0 Å². The third-order valence-corrected chi connectivity index (χ3v) is 2.96. The van der Waals surface area contributed by atoms with Crippen LogP contribution in [-0.2, 0) is 6.42 Å². The average Bonchev–Trinajstić information content (AvgIpc) is 2.32. The Kier molecular flexibility index (Phi) is 3.19. The number of carboxylic acids is 1. The van der Waals surface area contributed by atoms with Gasteiger partial charge in [0.1, 0.15) is 3.79 Å². The van der Waals surface area contributed by atoms with Crippen molar-refractivity contribution < 1.29 is 9.90 Å². The van der Waals surface area contributed by atoms with Crippen LogP contribution in [0.4, 0.5) is 0 Å². The van der Waals surface area contributed by atoms with Crippen LogP contribution in [-0.4, -0.2) is 22.6 Å². The highest BCUT2D eigenvalue weighted by Crippen LogP contribution is 2.24. The number of aromatic nitrogens is 1. The summed E-state index contributed by atoms with van der Waals surface area (Å²) >= 11 is 4.43. The fraction of sp³-hybridized carbons (Fsp3) is 0.333. The van der Waals surface area contributed by atoms with Gasteiger partial charge in [-0.05, 0) is 22.5 Å². The number of nitrogens with two attached hydrogens (primary N) is 1. The minimum absolute atomic E-state index is 0.0726. The minimum atomic E-state index is -1.01. The molecule has 0 fully saturated rings. The van der Waals surface area contributed by atoms with Gasteiger partial charge in [-0.1, -0.05) is 0 Å². The normalized spacial score (nSPS) is 10.2. The Morgan fingerprint density at radius 2 is 2.42 bits per heavy atom. The Bertz CT molecular complexity index is 300. The lowest BCUT2D eigenvalue weighted by Crippen LogP contribution is -2.03. The van der Waals surface area contributed by atoms with Crippen molar-refractivity contribution in [3.8, 4) is 0 Å². The van der Waals surface area contributed by atoms with Gasteiger partial charge in [-0.15, -0.1) is 11.3 Å². The van der Waals surface area contributed by atoms with E-state index in [-0.39, 0.29) is 5.69 Å². The summed E-state index contributed by atoms with van der Waals surface area (Å²) in [5.41, 5.74) is 5.37. The van der Waals surface area contributed by atoms with Crippen molar-refractivity contribution in [2.75, 3.05) is 6.54 Å². The predicted octanol–water partition coefficient (Wildman–Crippen LogP) is 1.10. The zero-order valence-corrected chi connectivity index (χ0v) is 8.48. The first-order chi connectivity index (χ1) is 5.65. The van der Waals surface area contributed by atoms with Crippen molar-refractivity contribution in [2.45, 2.75) is 6.42 Å². The van der Waals surface area contributed by atoms with Gasteiger partial charge in [-0.3, -0.25) is 0 Å². The minimum Gasteiger partial charge on any atom is -0.476 e. The van der Waals surface area contributed by atoms with Gasteiger partial charge in [-0.25, -0.2) is 9.78 Å². The standard InChI is InChI=1S/C6H7BrN2O2S/c7-5-4(6(10)11)9-3(12-5)1-2-8/h1-2,8H2,(H,10,11). The van der Waals surface area contributed by atoms with Crippen molar-refractivity contribution in [1.82, 2.24) is 4.98 Å². The van der Waals surface area contributed by atoms with Gasteiger partial charge < -0.3 is 10.8 Å². The Labute approximate surface area is 81.5 Å². The fourth-order valence-electron chi connectivity index (χ4n) is 0.706. The van der Waals surface area contributed by atoms with Crippen molar-refractivity contribution in [3.05, 3.63) is 14.5 Å². The molecule has 1 rings (SSSR count). The molecule has 0 atom stereocenters. The summed E-state index contributed by atoms with van der Waals surface area (Å²) in [6.07, 6.45) is 0.622. The number of thiazole rings is 1. The first kappa shape index (κ1) is 9.63. The third-order valence-electron chi connectivity index (χ3n) is 1.19. The number of halogens is 1. The van der Waals surface area contributed by atoms with E-state index in [9.17, 15) is 4.79 Å². The van der Waals surface area contributed by atoms with Crippen LogP contribution < -0.4 is 5.73 Å². The van der Waals surface area contributed by atoms with Crippen LogP contribution in [0.3, 0.4) is 0 Å². The monoisotopic (exact) mass is 250 g/mol. The topological polar surface area (TPSA) is 76.2 Å². The lowest BCUT2D eigenvalue weighted by molar-refractivity contribution is 0.0690. The Morgan fingerprint density at radius 1 is 1.75 bits per heavy atom. The average molecular weight is 251 g/mol. The zero-order chi connectivity index (χ0) is 9.14. The summed E-state index contributed by atoms with van der Waals surface area (Å²) in [7, 11) is 0. The highest BCUT2D eigenvalue weighted by Gasteiger charge is 2.14. The molecule has 0 aromatic carbocycles. The molecule has 66 valence electrons. The number of hydrogen-bond acceptors (Lipinski definition) is 4. The summed E-state index contributed by atoms with van der Waals surface area (Å²) < 4.78 is 0.554. The third kappa shape index (κ3) is 2.02. The van der Waals surface area contributed by atoms with E-state index in [1.807, 2.05) is 0 Å². The molecule has 0 amide bonds. The number of carbonyl (C=O) groups is 1. The highest BCUT2D eigenvalue weighted by atomic mass is 79.9. The molecule has 0 spiro atoms. The van der Waals surface area contributed by atoms with Gasteiger partial charge in [0.05, 0.1) is 5.01 Å². The molecule has 0 aliphatic carbocycles. The first-order valence-electron chi connectivity index (χ1n) is 3.23. The molecule has 0 saturated heterocycles. The maximum atomic E-state index is 10.5. The van der Waals surface area contributed by atoms with E-state index in [2.05, 4.69) is 20.9 Å². The van der Waals surface area contributed by atoms with E-state index in [4.69, 9.17) is 10.8 Å². The molecule has 1 aromatic heterocycles. The molecule has 0 bridgehead atoms. The van der Waals surface area contributed by atoms with Gasteiger partial charge in [0.25, 0.3) is 0 Å². The van der Waals surface area contributed by atoms with Crippen molar-refractivity contribution in [3.63, 3.8) is 0 Å². The quantitative estimate of drug-likeness (QED) is 0.843. The second-order valence-corrected chi connectivity index (χ2v) is 4.48. The summed E-state index contributed by atoms with van der Waals surface area (Å²) in [5.74, 6) is -1.01. The second-order valence-electron chi connectivity index (χ2n) is 2.07. The molecule has 0 aliphatic heterocycles. The Hall–Kier alpha value is -0.460. The van der Waals surface area contributed by atoms with Crippen LogP contribution in [0.15, 0.2) is 3.79 Å². The van der Waals surface area contributed by atoms with Crippen molar-refractivity contribution >= 4 is 33.2 Å². The van der Waals surface area contributed by atoms with Crippen LogP contribution in [0.1, 0.15) is 15.5 Å². The first-order valence-corrected chi connectivity index (χ1v) is 4.84. The zero-order valence-electron chi connectivity index (χ0n) is 6.08. The largest absolute Gasteiger partial charge is 0.476 e. The lowest BCUT2D eigenvalue weighted by atomic mass is 10.4. The van der Waals surface area contributed by atoms with Gasteiger partial charge in [0.15, 0.2) is 5.69 Å². The second kappa shape index (κ2) is 3.97. The maximum Gasteiger partial charge on any atom is 0.356 e. The van der Waals surface area contributed by atoms with Crippen LogP contribution in [0.25, 0.3) is 0 Å². The lowest BCUT2D eigenvalue weighted by Gasteiger charge is -1.86. The van der Waals surface area contributed by atoms with Gasteiger partial charge in [0, 0.05) is 6.42 Å². The van der Waals surface area contributed by atoms with E-state index in [0.29, 0.717) is 16.8 Å². The van der Waals surface area contributed by atoms with Gasteiger partial charge >= 0.3 is 5.97 Å². The molecule has 1 aromatic rings. The van der Waals surface area contributed by atoms with Crippen LogP contribution in [0, 0.1) is 0 Å². The van der Waals surface area contributed by atoms with Crippen molar-refractivity contribution in [1.29, 1.82) is 0 Å². The molecule has 0 radical (unpaired) electrons. The number of carboxylic acid groups (broad SMARTS) is 1. The number of rotatable bonds is 3. The molecule has 1 heterocycles. The molecule has 0 saturated carbocycles. The number of hydrogen-bond donors (Lipinski definition) is 2. The summed E-state index contributed by atoms with van der Waals surface area (Å²) in [6.45, 7) is 0.485. The molecule has 6 heteroatoms. The van der Waals surface area contributed by atoms with Crippen molar-refractivity contribution in [2.24, 2.45) is 5.73 Å². The predicted molar refractivity (Wildman–Crippen MR) is 49.5 cm³/mol. The van der Waals surface area contributed by atoms with E-state index in [0.717, 1.165) is 5.01 Å². The number of nitrogens with zero attached hydrogens (tertiary/aromatic N) is 1. The Balaban J connectivity index is 2.92. The highest BCUT2D eigenvalue weighted by molar-refractivity contribution is 9.11. The smallest absolute Gasteiger partial charge is 0.356 e. The number of aromatic carboxylic acids is 1. The maximum absolute atomic E-state index is 10.5. The van der Waals surface area contributed by atoms with Crippen LogP contribution in [0.5, 0.6) is 0 Å². The van der Waals surface area contributed by atoms with Gasteiger partial charge in [-0.2, -0.15) is 0 Å². The van der Waals surface area contributed by atoms with E-state index < -0.39 is 5.97 Å². The molecule has 3 N–H and O–H groups in total. The SMILES string of the molecule is NCCc1nc(C(=O)O)c(Br)s1. The fourth-order valence-corrected chi connectivity index (χ4v) is 2.32. The molecule has 0 unspecified atom stereocenters. The van der Waals surface area contributed by atoms with E-state index >= 15 is 0 Å². The molecule has 4 nitrogen and oxygen atoms in total. The molecule has 12 heavy (non-hydrogen) atoms. The molecule has 0 aliphatic rings. The van der Waals surface area contributed by atoms with Crippen LogP contribution >= 0.6 is 27.3 Å².